The minimum Gasteiger partial charge on any atom is -0.508 e. The van der Waals surface area contributed by atoms with E-state index in [1.807, 2.05) is 48.6 Å². The van der Waals surface area contributed by atoms with Gasteiger partial charge in [0.1, 0.15) is 5.75 Å². The monoisotopic (exact) mass is 308 g/mol. The van der Waals surface area contributed by atoms with Crippen LogP contribution in [-0.4, -0.2) is 18.2 Å². The van der Waals surface area contributed by atoms with Crippen LogP contribution in [0.4, 0.5) is 0 Å². The van der Waals surface area contributed by atoms with Crippen molar-refractivity contribution in [3.8, 4) is 5.75 Å². The van der Waals surface area contributed by atoms with E-state index in [1.54, 1.807) is 12.1 Å². The third-order valence-corrected chi connectivity index (χ3v) is 2.75. The van der Waals surface area contributed by atoms with E-state index in [1.165, 1.54) is 12.7 Å². The summed E-state index contributed by atoms with van der Waals surface area (Å²) in [4.78, 5) is 9.84. The quantitative estimate of drug-likeness (QED) is 0.515. The van der Waals surface area contributed by atoms with Gasteiger partial charge in [-0.25, -0.2) is 4.79 Å². The smallest absolute Gasteiger partial charge is 0.329 e. The van der Waals surface area contributed by atoms with Gasteiger partial charge in [-0.15, -0.1) is 0 Å². The van der Waals surface area contributed by atoms with Gasteiger partial charge in [0, 0.05) is 6.08 Å². The van der Waals surface area contributed by atoms with Gasteiger partial charge in [-0.2, -0.15) is 0 Å². The largest absolute Gasteiger partial charge is 0.508 e. The second kappa shape index (κ2) is 10.6. The Morgan fingerprint density at radius 3 is 1.91 bits per heavy atom. The third-order valence-electron chi connectivity index (χ3n) is 2.75. The van der Waals surface area contributed by atoms with Crippen molar-refractivity contribution in [1.82, 2.24) is 0 Å². The van der Waals surface area contributed by atoms with E-state index in [2.05, 4.69) is 29.5 Å². The van der Waals surface area contributed by atoms with Crippen molar-refractivity contribution >= 4 is 18.1 Å². The van der Waals surface area contributed by atoms with Crippen LogP contribution < -0.4 is 0 Å². The molecule has 0 radical (unpaired) electrons. The van der Waals surface area contributed by atoms with Gasteiger partial charge >= 0.3 is 5.97 Å². The fraction of sp³-hybridized carbons (Fsp3) is 0.0500. The number of allylic oxidation sites excluding steroid dienone is 2. The van der Waals surface area contributed by atoms with Crippen LogP contribution in [0.15, 0.2) is 79.4 Å². The fourth-order valence-electron chi connectivity index (χ4n) is 1.57. The van der Waals surface area contributed by atoms with E-state index in [4.69, 9.17) is 5.11 Å². The second-order valence-corrected chi connectivity index (χ2v) is 4.45. The number of methoxy groups -OCH3 is 1. The number of hydrogen-bond acceptors (Lipinski definition) is 3. The summed E-state index contributed by atoms with van der Waals surface area (Å²) in [6.07, 6.45) is 9.15. The molecule has 3 heteroatoms. The summed E-state index contributed by atoms with van der Waals surface area (Å²) in [5.74, 6) is -0.100. The van der Waals surface area contributed by atoms with E-state index in [0.29, 0.717) is 5.75 Å². The minimum atomic E-state index is -0.394. The molecule has 0 aliphatic carbocycles. The molecule has 1 N–H and O–H groups in total. The standard InChI is InChI=1S/C16H14O.C4H6O2/c17-16-12-10-15(11-13-16)9-5-4-8-14-6-2-1-3-7-14;1-3-4(5)6-2/h1-13,17H;3H,1H2,2H3. The number of ether oxygens (including phenoxy) is 1. The Bertz CT molecular complexity index is 653. The normalized spacial score (nSPS) is 10.1. The summed E-state index contributed by atoms with van der Waals surface area (Å²) in [5, 5.41) is 9.14. The number of hydrogen-bond donors (Lipinski definition) is 1. The number of rotatable bonds is 4. The zero-order valence-electron chi connectivity index (χ0n) is 13.1. The van der Waals surface area contributed by atoms with Gasteiger partial charge in [-0.05, 0) is 23.3 Å². The first-order valence-corrected chi connectivity index (χ1v) is 7.05. The summed E-state index contributed by atoms with van der Waals surface area (Å²) < 4.78 is 4.14. The molecule has 0 aromatic heterocycles. The maximum absolute atomic E-state index is 9.84. The van der Waals surface area contributed by atoms with Crippen LogP contribution >= 0.6 is 0 Å². The van der Waals surface area contributed by atoms with E-state index >= 15 is 0 Å². The van der Waals surface area contributed by atoms with Crippen molar-refractivity contribution in [2.24, 2.45) is 0 Å². The molecule has 23 heavy (non-hydrogen) atoms. The molecular weight excluding hydrogens is 288 g/mol. The van der Waals surface area contributed by atoms with E-state index in [0.717, 1.165) is 11.6 Å². The zero-order chi connectivity index (χ0) is 16.9. The van der Waals surface area contributed by atoms with Gasteiger partial charge in [0.25, 0.3) is 0 Å². The Labute approximate surface area is 136 Å². The van der Waals surface area contributed by atoms with Crippen molar-refractivity contribution in [1.29, 1.82) is 0 Å². The molecule has 0 bridgehead atoms. The predicted octanol–water partition coefficient (Wildman–Crippen LogP) is 4.46. The molecule has 2 aromatic carbocycles. The second-order valence-electron chi connectivity index (χ2n) is 4.45. The van der Waals surface area contributed by atoms with Crippen molar-refractivity contribution in [3.05, 3.63) is 90.5 Å². The molecule has 0 saturated heterocycles. The van der Waals surface area contributed by atoms with Crippen LogP contribution in [-0.2, 0) is 9.53 Å². The lowest BCUT2D eigenvalue weighted by atomic mass is 10.2. The third kappa shape index (κ3) is 8.07. The molecule has 0 aliphatic heterocycles. The number of carbonyl (C=O) groups is 1. The van der Waals surface area contributed by atoms with Crippen LogP contribution in [0.1, 0.15) is 11.1 Å². The summed E-state index contributed by atoms with van der Waals surface area (Å²) in [6.45, 7) is 3.16. The first-order valence-electron chi connectivity index (χ1n) is 7.05. The maximum atomic E-state index is 9.84. The lowest BCUT2D eigenvalue weighted by Crippen LogP contribution is -1.91. The average Bonchev–Trinajstić information content (AvgIpc) is 2.61. The van der Waals surface area contributed by atoms with Crippen molar-refractivity contribution < 1.29 is 14.6 Å². The molecule has 0 spiro atoms. The number of benzene rings is 2. The first-order chi connectivity index (χ1) is 11.2. The molecule has 0 atom stereocenters. The maximum Gasteiger partial charge on any atom is 0.329 e. The highest BCUT2D eigenvalue weighted by Crippen LogP contribution is 2.11. The highest BCUT2D eigenvalue weighted by atomic mass is 16.5. The Balaban J connectivity index is 0.000000379. The molecule has 0 unspecified atom stereocenters. The van der Waals surface area contributed by atoms with Crippen LogP contribution in [0.2, 0.25) is 0 Å². The lowest BCUT2D eigenvalue weighted by Gasteiger charge is -1.92. The van der Waals surface area contributed by atoms with Gasteiger partial charge in [0.2, 0.25) is 0 Å². The Kier molecular flexibility index (Phi) is 8.31. The van der Waals surface area contributed by atoms with Gasteiger partial charge in [-0.1, -0.05) is 73.3 Å². The van der Waals surface area contributed by atoms with Gasteiger partial charge < -0.3 is 9.84 Å². The van der Waals surface area contributed by atoms with Crippen molar-refractivity contribution in [3.63, 3.8) is 0 Å². The van der Waals surface area contributed by atoms with E-state index in [-0.39, 0.29) is 0 Å². The summed E-state index contributed by atoms with van der Waals surface area (Å²) in [6, 6.07) is 17.3. The Morgan fingerprint density at radius 1 is 0.957 bits per heavy atom. The highest BCUT2D eigenvalue weighted by molar-refractivity contribution is 5.80. The number of esters is 1. The van der Waals surface area contributed by atoms with Crippen molar-refractivity contribution in [2.45, 2.75) is 0 Å². The lowest BCUT2D eigenvalue weighted by molar-refractivity contribution is -0.134. The molecule has 118 valence electrons. The topological polar surface area (TPSA) is 46.5 Å². The van der Waals surface area contributed by atoms with Gasteiger partial charge in [0.05, 0.1) is 7.11 Å². The minimum absolute atomic E-state index is 0.293. The van der Waals surface area contributed by atoms with Crippen molar-refractivity contribution in [2.75, 3.05) is 7.11 Å². The fourth-order valence-corrected chi connectivity index (χ4v) is 1.57. The predicted molar refractivity (Wildman–Crippen MR) is 94.8 cm³/mol. The molecule has 0 aliphatic rings. The number of phenols is 1. The first kappa shape index (κ1) is 18.0. The van der Waals surface area contributed by atoms with Crippen LogP contribution in [0, 0.1) is 0 Å². The molecule has 0 heterocycles. The van der Waals surface area contributed by atoms with Gasteiger partial charge in [-0.3, -0.25) is 0 Å². The van der Waals surface area contributed by atoms with E-state index in [9.17, 15) is 4.79 Å². The molecule has 0 saturated carbocycles. The van der Waals surface area contributed by atoms with Crippen LogP contribution in [0.3, 0.4) is 0 Å². The molecule has 2 rings (SSSR count). The summed E-state index contributed by atoms with van der Waals surface area (Å²) in [5.41, 5.74) is 2.25. The van der Waals surface area contributed by atoms with E-state index < -0.39 is 5.97 Å². The number of phenolic OH excluding ortho intramolecular Hbond substituents is 1. The Morgan fingerprint density at radius 2 is 1.48 bits per heavy atom. The molecule has 0 fully saturated rings. The van der Waals surface area contributed by atoms with Gasteiger partial charge in [0.15, 0.2) is 0 Å². The number of carbonyl (C=O) groups excluding carboxylic acids is 1. The highest BCUT2D eigenvalue weighted by Gasteiger charge is 1.86. The van der Waals surface area contributed by atoms with Crippen LogP contribution in [0.25, 0.3) is 12.2 Å². The molecule has 2 aromatic rings. The summed E-state index contributed by atoms with van der Waals surface area (Å²) >= 11 is 0. The molecule has 0 amide bonds. The SMILES string of the molecule is C=CC(=O)OC.Oc1ccc(C=CC=Cc2ccccc2)cc1. The van der Waals surface area contributed by atoms with Crippen LogP contribution in [0.5, 0.6) is 5.75 Å². The molecular formula is C20H20O3. The Hall–Kier alpha value is -3.07. The molecule has 3 nitrogen and oxygen atoms in total. The average molecular weight is 308 g/mol. The zero-order valence-corrected chi connectivity index (χ0v) is 13.1. The number of aromatic hydroxyl groups is 1. The summed E-state index contributed by atoms with van der Waals surface area (Å²) in [7, 11) is 1.31.